The highest BCUT2D eigenvalue weighted by atomic mass is 16.1. The summed E-state index contributed by atoms with van der Waals surface area (Å²) in [7, 11) is 0. The Morgan fingerprint density at radius 3 is 2.46 bits per heavy atom. The molecule has 0 fully saturated rings. The average Bonchev–Trinajstić information content (AvgIpc) is 3.04. The van der Waals surface area contributed by atoms with Gasteiger partial charge in [-0.3, -0.25) is 4.79 Å². The predicted molar refractivity (Wildman–Crippen MR) is 103 cm³/mol. The molecule has 2 N–H and O–H groups in total. The number of H-pyrrole nitrogens is 1. The molecule has 0 aliphatic heterocycles. The van der Waals surface area contributed by atoms with Gasteiger partial charge in [0.05, 0.1) is 18.1 Å². The van der Waals surface area contributed by atoms with Gasteiger partial charge in [-0.05, 0) is 35.4 Å². The first-order valence-corrected chi connectivity index (χ1v) is 8.48. The highest BCUT2D eigenvalue weighted by Crippen LogP contribution is 2.25. The summed E-state index contributed by atoms with van der Waals surface area (Å²) >= 11 is 0. The van der Waals surface area contributed by atoms with E-state index in [1.54, 1.807) is 12.1 Å². The molecule has 1 heterocycles. The van der Waals surface area contributed by atoms with Crippen LogP contribution in [0.25, 0.3) is 21.8 Å². The molecule has 0 saturated carbocycles. The van der Waals surface area contributed by atoms with E-state index in [1.807, 2.05) is 36.4 Å². The zero-order valence-corrected chi connectivity index (χ0v) is 14.1. The Hall–Kier alpha value is -3.58. The minimum Gasteiger partial charge on any atom is -0.355 e. The first-order chi connectivity index (χ1) is 12.7. The van der Waals surface area contributed by atoms with Crippen molar-refractivity contribution < 1.29 is 4.79 Å². The Bertz CT molecular complexity index is 1130. The second-order valence-electron chi connectivity index (χ2n) is 6.31. The number of nitriles is 1. The van der Waals surface area contributed by atoms with Crippen molar-refractivity contribution >= 4 is 27.7 Å². The van der Waals surface area contributed by atoms with Gasteiger partial charge in [-0.25, -0.2) is 0 Å². The smallest absolute Gasteiger partial charge is 0.224 e. The zero-order chi connectivity index (χ0) is 17.9. The number of hydrogen-bond acceptors (Lipinski definition) is 2. The number of fused-ring (bicyclic) bond motifs is 3. The van der Waals surface area contributed by atoms with E-state index in [2.05, 4.69) is 34.6 Å². The first-order valence-electron chi connectivity index (χ1n) is 8.48. The second-order valence-corrected chi connectivity index (χ2v) is 6.31. The normalized spacial score (nSPS) is 10.7. The van der Waals surface area contributed by atoms with Gasteiger partial charge in [-0.1, -0.05) is 42.5 Å². The molecule has 3 aromatic carbocycles. The summed E-state index contributed by atoms with van der Waals surface area (Å²) < 4.78 is 0. The maximum absolute atomic E-state index is 12.2. The SMILES string of the molecule is N#Cc1ccc(CNC(=O)Cc2ccc3c(c2)[nH]c2ccccc23)cc1. The number of nitrogens with zero attached hydrogens (tertiary/aromatic N) is 1. The molecule has 4 heteroatoms. The van der Waals surface area contributed by atoms with Crippen molar-refractivity contribution in [3.05, 3.63) is 83.4 Å². The molecule has 0 aliphatic carbocycles. The zero-order valence-electron chi connectivity index (χ0n) is 14.1. The lowest BCUT2D eigenvalue weighted by atomic mass is 10.1. The van der Waals surface area contributed by atoms with E-state index in [4.69, 9.17) is 5.26 Å². The molecule has 26 heavy (non-hydrogen) atoms. The topological polar surface area (TPSA) is 68.7 Å². The Morgan fingerprint density at radius 2 is 1.65 bits per heavy atom. The van der Waals surface area contributed by atoms with Crippen LogP contribution in [0.1, 0.15) is 16.7 Å². The van der Waals surface area contributed by atoms with Crippen molar-refractivity contribution in [1.82, 2.24) is 10.3 Å². The Balaban J connectivity index is 1.45. The van der Waals surface area contributed by atoms with Gasteiger partial charge in [0.1, 0.15) is 0 Å². The molecule has 0 saturated heterocycles. The number of nitrogens with one attached hydrogen (secondary N) is 2. The maximum Gasteiger partial charge on any atom is 0.224 e. The van der Waals surface area contributed by atoms with Crippen molar-refractivity contribution in [2.45, 2.75) is 13.0 Å². The highest BCUT2D eigenvalue weighted by molar-refractivity contribution is 6.07. The molecule has 1 amide bonds. The third-order valence-electron chi connectivity index (χ3n) is 4.51. The number of amides is 1. The predicted octanol–water partition coefficient (Wildman–Crippen LogP) is 4.05. The summed E-state index contributed by atoms with van der Waals surface area (Å²) in [5.74, 6) is -0.0233. The summed E-state index contributed by atoms with van der Waals surface area (Å²) in [4.78, 5) is 15.6. The number of carbonyl (C=O) groups excluding carboxylic acids is 1. The van der Waals surface area contributed by atoms with Gasteiger partial charge in [0, 0.05) is 28.4 Å². The standard InChI is InChI=1S/C22H17N3O/c23-13-15-5-7-16(8-6-15)14-24-22(26)12-17-9-10-19-18-3-1-2-4-20(18)25-21(19)11-17/h1-11,25H,12,14H2,(H,24,26). The fourth-order valence-corrected chi connectivity index (χ4v) is 3.16. The van der Waals surface area contributed by atoms with Crippen molar-refractivity contribution in [2.75, 3.05) is 0 Å². The fourth-order valence-electron chi connectivity index (χ4n) is 3.16. The second kappa shape index (κ2) is 6.73. The molecule has 0 atom stereocenters. The van der Waals surface area contributed by atoms with Crippen LogP contribution in [0.4, 0.5) is 0 Å². The van der Waals surface area contributed by atoms with E-state index in [9.17, 15) is 4.79 Å². The molecule has 4 nitrogen and oxygen atoms in total. The number of carbonyl (C=O) groups is 1. The van der Waals surface area contributed by atoms with Crippen LogP contribution in [-0.2, 0) is 17.8 Å². The Labute approximate surface area is 151 Å². The van der Waals surface area contributed by atoms with Gasteiger partial charge in [0.2, 0.25) is 5.91 Å². The molecule has 0 spiro atoms. The summed E-state index contributed by atoms with van der Waals surface area (Å²) in [5.41, 5.74) is 4.71. The molecule has 0 aliphatic rings. The number of hydrogen-bond donors (Lipinski definition) is 2. The van der Waals surface area contributed by atoms with Gasteiger partial charge in [0.25, 0.3) is 0 Å². The molecule has 4 rings (SSSR count). The van der Waals surface area contributed by atoms with Gasteiger partial charge < -0.3 is 10.3 Å². The Morgan fingerprint density at radius 1 is 0.923 bits per heavy atom. The minimum atomic E-state index is -0.0233. The molecular formula is C22H17N3O. The van der Waals surface area contributed by atoms with E-state index in [0.29, 0.717) is 18.5 Å². The third-order valence-corrected chi connectivity index (χ3v) is 4.51. The molecule has 0 unspecified atom stereocenters. The van der Waals surface area contributed by atoms with E-state index in [-0.39, 0.29) is 5.91 Å². The Kier molecular flexibility index (Phi) is 4.12. The first kappa shape index (κ1) is 15.9. The van der Waals surface area contributed by atoms with Crippen LogP contribution in [0.15, 0.2) is 66.7 Å². The number of rotatable bonds is 4. The molecule has 0 bridgehead atoms. The van der Waals surface area contributed by atoms with Gasteiger partial charge in [0.15, 0.2) is 0 Å². The van der Waals surface area contributed by atoms with Gasteiger partial charge in [-0.15, -0.1) is 0 Å². The van der Waals surface area contributed by atoms with Gasteiger partial charge >= 0.3 is 0 Å². The largest absolute Gasteiger partial charge is 0.355 e. The number of benzene rings is 3. The van der Waals surface area contributed by atoms with E-state index >= 15 is 0 Å². The summed E-state index contributed by atoms with van der Waals surface area (Å²) in [6, 6.07) is 23.6. The van der Waals surface area contributed by atoms with Crippen LogP contribution in [-0.4, -0.2) is 10.9 Å². The number of aromatic amines is 1. The highest BCUT2D eigenvalue weighted by Gasteiger charge is 2.07. The van der Waals surface area contributed by atoms with Crippen LogP contribution in [0.5, 0.6) is 0 Å². The van der Waals surface area contributed by atoms with E-state index < -0.39 is 0 Å². The molecule has 0 radical (unpaired) electrons. The van der Waals surface area contributed by atoms with E-state index in [0.717, 1.165) is 22.2 Å². The fraction of sp³-hybridized carbons (Fsp3) is 0.0909. The molecule has 1 aromatic heterocycles. The minimum absolute atomic E-state index is 0.0233. The van der Waals surface area contributed by atoms with Crippen LogP contribution < -0.4 is 5.32 Å². The monoisotopic (exact) mass is 339 g/mol. The van der Waals surface area contributed by atoms with Crippen LogP contribution in [0.3, 0.4) is 0 Å². The van der Waals surface area contributed by atoms with Gasteiger partial charge in [-0.2, -0.15) is 5.26 Å². The lowest BCUT2D eigenvalue weighted by molar-refractivity contribution is -0.120. The van der Waals surface area contributed by atoms with Crippen LogP contribution >= 0.6 is 0 Å². The maximum atomic E-state index is 12.2. The lowest BCUT2D eigenvalue weighted by Gasteiger charge is -2.06. The summed E-state index contributed by atoms with van der Waals surface area (Å²) in [6.45, 7) is 0.458. The lowest BCUT2D eigenvalue weighted by Crippen LogP contribution is -2.24. The van der Waals surface area contributed by atoms with Crippen molar-refractivity contribution in [2.24, 2.45) is 0 Å². The summed E-state index contributed by atoms with van der Waals surface area (Å²) in [5, 5.41) is 14.1. The van der Waals surface area contributed by atoms with Crippen molar-refractivity contribution in [3.63, 3.8) is 0 Å². The molecule has 4 aromatic rings. The van der Waals surface area contributed by atoms with Crippen LogP contribution in [0, 0.1) is 11.3 Å². The van der Waals surface area contributed by atoms with Crippen molar-refractivity contribution in [1.29, 1.82) is 5.26 Å². The summed E-state index contributed by atoms with van der Waals surface area (Å²) in [6.07, 6.45) is 0.335. The average molecular weight is 339 g/mol. The number of para-hydroxylation sites is 1. The quantitative estimate of drug-likeness (QED) is 0.589. The number of aromatic nitrogens is 1. The molecular weight excluding hydrogens is 322 g/mol. The third kappa shape index (κ3) is 3.15. The van der Waals surface area contributed by atoms with E-state index in [1.165, 1.54) is 10.8 Å². The van der Waals surface area contributed by atoms with Crippen molar-refractivity contribution in [3.8, 4) is 6.07 Å². The molecule has 126 valence electrons. The van der Waals surface area contributed by atoms with Crippen LogP contribution in [0.2, 0.25) is 0 Å².